The highest BCUT2D eigenvalue weighted by Crippen LogP contribution is 2.21. The van der Waals surface area contributed by atoms with Crippen LogP contribution in [0.2, 0.25) is 0 Å². The summed E-state index contributed by atoms with van der Waals surface area (Å²) in [5, 5.41) is 0. The summed E-state index contributed by atoms with van der Waals surface area (Å²) in [6.07, 6.45) is 1.60. The third-order valence-electron chi connectivity index (χ3n) is 3.51. The van der Waals surface area contributed by atoms with Crippen LogP contribution >= 0.6 is 15.9 Å². The Labute approximate surface area is 144 Å². The van der Waals surface area contributed by atoms with E-state index in [0.29, 0.717) is 10.0 Å². The smallest absolute Gasteiger partial charge is 0.270 e. The van der Waals surface area contributed by atoms with Crippen molar-refractivity contribution in [3.8, 4) is 0 Å². The van der Waals surface area contributed by atoms with Crippen LogP contribution in [0.3, 0.4) is 0 Å². The standard InChI is InChI=1S/C18H19BrN2O2/c1-2-8-14(13-9-4-3-5-10-13)17(22)20-21-18(23)15-11-6-7-12-16(15)19/h3-7,9-12,14H,2,8H2,1H3,(H,20,22)(H,21,23)/t14-/m1/s1. The first-order chi connectivity index (χ1) is 11.1. The van der Waals surface area contributed by atoms with Gasteiger partial charge in [0.05, 0.1) is 11.5 Å². The van der Waals surface area contributed by atoms with Crippen molar-refractivity contribution in [1.82, 2.24) is 10.9 Å². The number of hydrazine groups is 1. The number of carbonyl (C=O) groups excluding carboxylic acids is 2. The van der Waals surface area contributed by atoms with Crippen molar-refractivity contribution in [2.45, 2.75) is 25.7 Å². The van der Waals surface area contributed by atoms with Gasteiger partial charge in [0.1, 0.15) is 0 Å². The van der Waals surface area contributed by atoms with Gasteiger partial charge in [-0.25, -0.2) is 0 Å². The van der Waals surface area contributed by atoms with Gasteiger partial charge in [0.15, 0.2) is 0 Å². The fourth-order valence-corrected chi connectivity index (χ4v) is 2.81. The second-order valence-corrected chi connectivity index (χ2v) is 6.03. The Morgan fingerprint density at radius 2 is 1.65 bits per heavy atom. The lowest BCUT2D eigenvalue weighted by atomic mass is 9.94. The third kappa shape index (κ3) is 4.66. The number of hydrogen-bond donors (Lipinski definition) is 2. The van der Waals surface area contributed by atoms with Gasteiger partial charge >= 0.3 is 0 Å². The summed E-state index contributed by atoms with van der Waals surface area (Å²) in [6.45, 7) is 2.03. The highest BCUT2D eigenvalue weighted by atomic mass is 79.9. The molecule has 0 saturated heterocycles. The van der Waals surface area contributed by atoms with E-state index in [1.54, 1.807) is 18.2 Å². The molecule has 0 fully saturated rings. The van der Waals surface area contributed by atoms with E-state index >= 15 is 0 Å². The maximum absolute atomic E-state index is 12.4. The summed E-state index contributed by atoms with van der Waals surface area (Å²) in [7, 11) is 0. The number of benzene rings is 2. The van der Waals surface area contributed by atoms with Crippen molar-refractivity contribution < 1.29 is 9.59 Å². The van der Waals surface area contributed by atoms with Crippen LogP contribution in [0.1, 0.15) is 41.6 Å². The first-order valence-electron chi connectivity index (χ1n) is 7.53. The molecule has 2 amide bonds. The van der Waals surface area contributed by atoms with Gasteiger partial charge in [-0.15, -0.1) is 0 Å². The molecule has 4 nitrogen and oxygen atoms in total. The van der Waals surface area contributed by atoms with Crippen molar-refractivity contribution in [3.63, 3.8) is 0 Å². The zero-order valence-electron chi connectivity index (χ0n) is 12.9. The predicted molar refractivity (Wildman–Crippen MR) is 93.8 cm³/mol. The molecule has 0 aliphatic rings. The van der Waals surface area contributed by atoms with Gasteiger partial charge in [-0.05, 0) is 40.0 Å². The van der Waals surface area contributed by atoms with E-state index < -0.39 is 0 Å². The zero-order valence-corrected chi connectivity index (χ0v) is 14.5. The molecule has 23 heavy (non-hydrogen) atoms. The summed E-state index contributed by atoms with van der Waals surface area (Å²) in [5.74, 6) is -0.840. The van der Waals surface area contributed by atoms with E-state index in [1.165, 1.54) is 0 Å². The molecule has 0 bridgehead atoms. The summed E-state index contributed by atoms with van der Waals surface area (Å²) in [4.78, 5) is 24.5. The third-order valence-corrected chi connectivity index (χ3v) is 4.20. The van der Waals surface area contributed by atoms with Crippen molar-refractivity contribution in [3.05, 3.63) is 70.2 Å². The first kappa shape index (κ1) is 17.2. The number of nitrogens with one attached hydrogen (secondary N) is 2. The van der Waals surface area contributed by atoms with E-state index in [4.69, 9.17) is 0 Å². The molecule has 2 rings (SSSR count). The van der Waals surface area contributed by atoms with Gasteiger partial charge in [0.25, 0.3) is 5.91 Å². The SMILES string of the molecule is CCC[C@@H](C(=O)NNC(=O)c1ccccc1Br)c1ccccc1. The molecular formula is C18H19BrN2O2. The Morgan fingerprint density at radius 3 is 2.30 bits per heavy atom. The Hall–Kier alpha value is -2.14. The van der Waals surface area contributed by atoms with Gasteiger partial charge in [-0.3, -0.25) is 20.4 Å². The van der Waals surface area contributed by atoms with E-state index in [-0.39, 0.29) is 17.7 Å². The number of carbonyl (C=O) groups is 2. The Balaban J connectivity index is 2.02. The van der Waals surface area contributed by atoms with Crippen molar-refractivity contribution >= 4 is 27.7 Å². The van der Waals surface area contributed by atoms with Gasteiger partial charge in [0, 0.05) is 4.47 Å². The van der Waals surface area contributed by atoms with Crippen molar-refractivity contribution in [2.24, 2.45) is 0 Å². The minimum atomic E-state index is -0.353. The largest absolute Gasteiger partial charge is 0.273 e. The molecule has 0 aliphatic carbocycles. The molecule has 5 heteroatoms. The molecule has 120 valence electrons. The van der Waals surface area contributed by atoms with Crippen LogP contribution in [0, 0.1) is 0 Å². The van der Waals surface area contributed by atoms with Crippen LogP contribution in [-0.2, 0) is 4.79 Å². The van der Waals surface area contributed by atoms with Crippen LogP contribution in [-0.4, -0.2) is 11.8 Å². The van der Waals surface area contributed by atoms with E-state index in [0.717, 1.165) is 18.4 Å². The summed E-state index contributed by atoms with van der Waals surface area (Å²) >= 11 is 3.32. The summed E-state index contributed by atoms with van der Waals surface area (Å²) in [6, 6.07) is 16.6. The normalized spacial score (nSPS) is 11.6. The Bertz CT molecular complexity index is 674. The quantitative estimate of drug-likeness (QED) is 0.782. The van der Waals surface area contributed by atoms with Gasteiger partial charge < -0.3 is 0 Å². The molecule has 1 atom stereocenters. The maximum Gasteiger partial charge on any atom is 0.270 e. The molecule has 0 radical (unpaired) electrons. The lowest BCUT2D eigenvalue weighted by Crippen LogP contribution is -2.44. The maximum atomic E-state index is 12.4. The fourth-order valence-electron chi connectivity index (χ4n) is 2.34. The lowest BCUT2D eigenvalue weighted by molar-refractivity contribution is -0.123. The number of rotatable bonds is 5. The molecule has 0 saturated carbocycles. The van der Waals surface area contributed by atoms with Crippen LogP contribution in [0.25, 0.3) is 0 Å². The summed E-state index contributed by atoms with van der Waals surface area (Å²) < 4.78 is 0.680. The van der Waals surface area contributed by atoms with Gasteiger partial charge in [-0.1, -0.05) is 55.8 Å². The van der Waals surface area contributed by atoms with E-state index in [2.05, 4.69) is 26.8 Å². The predicted octanol–water partition coefficient (Wildman–Crippen LogP) is 3.79. The van der Waals surface area contributed by atoms with Crippen LogP contribution in [0.4, 0.5) is 0 Å². The highest BCUT2D eigenvalue weighted by Gasteiger charge is 2.20. The number of hydrogen-bond acceptors (Lipinski definition) is 2. The van der Waals surface area contributed by atoms with Crippen molar-refractivity contribution in [2.75, 3.05) is 0 Å². The minimum Gasteiger partial charge on any atom is -0.273 e. The Kier molecular flexibility index (Phi) is 6.35. The molecular weight excluding hydrogens is 356 g/mol. The topological polar surface area (TPSA) is 58.2 Å². The molecule has 0 spiro atoms. The average molecular weight is 375 g/mol. The molecule has 0 aromatic heterocycles. The molecule has 2 aromatic rings. The second-order valence-electron chi connectivity index (χ2n) is 5.18. The molecule has 0 unspecified atom stereocenters. The van der Waals surface area contributed by atoms with Crippen LogP contribution < -0.4 is 10.9 Å². The molecule has 0 aliphatic heterocycles. The zero-order chi connectivity index (χ0) is 16.7. The fraction of sp³-hybridized carbons (Fsp3) is 0.222. The Morgan fingerprint density at radius 1 is 1.00 bits per heavy atom. The van der Waals surface area contributed by atoms with Gasteiger partial charge in [0.2, 0.25) is 5.91 Å². The van der Waals surface area contributed by atoms with Gasteiger partial charge in [-0.2, -0.15) is 0 Å². The average Bonchev–Trinajstić information content (AvgIpc) is 2.58. The molecule has 2 N–H and O–H groups in total. The molecule has 2 aromatic carbocycles. The second kappa shape index (κ2) is 8.48. The van der Waals surface area contributed by atoms with Crippen LogP contribution in [0.5, 0.6) is 0 Å². The number of amides is 2. The minimum absolute atomic E-state index is 0.210. The number of halogens is 1. The monoisotopic (exact) mass is 374 g/mol. The lowest BCUT2D eigenvalue weighted by Gasteiger charge is -2.17. The highest BCUT2D eigenvalue weighted by molar-refractivity contribution is 9.10. The van der Waals surface area contributed by atoms with E-state index in [1.807, 2.05) is 43.3 Å². The van der Waals surface area contributed by atoms with E-state index in [9.17, 15) is 9.59 Å². The van der Waals surface area contributed by atoms with Crippen LogP contribution in [0.15, 0.2) is 59.1 Å². The summed E-state index contributed by atoms with van der Waals surface area (Å²) in [5.41, 5.74) is 6.43. The van der Waals surface area contributed by atoms with Crippen molar-refractivity contribution in [1.29, 1.82) is 0 Å². The first-order valence-corrected chi connectivity index (χ1v) is 8.32. The molecule has 0 heterocycles.